The largest absolute Gasteiger partial charge is 0.482 e. The Bertz CT molecular complexity index is 679. The lowest BCUT2D eigenvalue weighted by Gasteiger charge is -2.46. The van der Waals surface area contributed by atoms with Gasteiger partial charge in [0, 0.05) is 37.8 Å². The minimum Gasteiger partial charge on any atom is -0.482 e. The number of aliphatic hydroxyl groups is 1. The normalized spacial score (nSPS) is 29.3. The summed E-state index contributed by atoms with van der Waals surface area (Å²) in [5.74, 6) is 0.355. The number of non-ortho nitro benzene ring substituents is 1. The molecule has 1 fully saturated rings. The van der Waals surface area contributed by atoms with E-state index in [0.29, 0.717) is 30.7 Å². The highest BCUT2D eigenvalue weighted by Crippen LogP contribution is 2.45. The molecule has 0 bridgehead atoms. The second kappa shape index (κ2) is 6.03. The zero-order valence-corrected chi connectivity index (χ0v) is 13.6. The number of methoxy groups -OCH3 is 1. The average molecular weight is 336 g/mol. The molecule has 8 heteroatoms. The van der Waals surface area contributed by atoms with Crippen molar-refractivity contribution in [1.29, 1.82) is 0 Å². The van der Waals surface area contributed by atoms with Crippen molar-refractivity contribution in [2.24, 2.45) is 0 Å². The molecule has 0 aliphatic carbocycles. The Morgan fingerprint density at radius 3 is 2.88 bits per heavy atom. The maximum absolute atomic E-state index is 12.2. The minimum atomic E-state index is -1.06. The van der Waals surface area contributed by atoms with Crippen LogP contribution in [0.1, 0.15) is 31.4 Å². The molecule has 2 aliphatic rings. The molecule has 0 aromatic heterocycles. The van der Waals surface area contributed by atoms with Gasteiger partial charge < -0.3 is 19.5 Å². The van der Waals surface area contributed by atoms with E-state index >= 15 is 0 Å². The van der Waals surface area contributed by atoms with Crippen LogP contribution in [0, 0.1) is 10.1 Å². The molecule has 1 saturated heterocycles. The average Bonchev–Trinajstić information content (AvgIpc) is 2.94. The van der Waals surface area contributed by atoms with Gasteiger partial charge in [0.1, 0.15) is 11.9 Å². The standard InChI is InChI=1S/C16H20N2O6/c1-16(9-23-2)15(20)14(17-7-3-4-13(17)19)11-8-10(18(21)22)5-6-12(11)24-16/h5-6,8,14-15,20H,3-4,7,9H2,1-2H3. The Morgan fingerprint density at radius 2 is 2.29 bits per heavy atom. The smallest absolute Gasteiger partial charge is 0.270 e. The van der Waals surface area contributed by atoms with Crippen molar-refractivity contribution in [1.82, 2.24) is 4.90 Å². The number of likely N-dealkylation sites (tertiary alicyclic amines) is 1. The maximum atomic E-state index is 12.2. The van der Waals surface area contributed by atoms with E-state index in [1.165, 1.54) is 25.3 Å². The third kappa shape index (κ3) is 2.61. The van der Waals surface area contributed by atoms with Crippen molar-refractivity contribution >= 4 is 11.6 Å². The predicted molar refractivity (Wildman–Crippen MR) is 83.7 cm³/mol. The molecule has 1 N–H and O–H groups in total. The van der Waals surface area contributed by atoms with E-state index in [9.17, 15) is 20.0 Å². The summed E-state index contributed by atoms with van der Waals surface area (Å²) in [7, 11) is 1.50. The van der Waals surface area contributed by atoms with Crippen molar-refractivity contribution in [2.45, 2.75) is 37.5 Å². The Hall–Kier alpha value is -2.19. The Labute approximate surface area is 139 Å². The number of nitrogens with zero attached hydrogens (tertiary/aromatic N) is 2. The Morgan fingerprint density at radius 1 is 1.54 bits per heavy atom. The number of carbonyl (C=O) groups excluding carboxylic acids is 1. The summed E-state index contributed by atoms with van der Waals surface area (Å²) < 4.78 is 11.1. The minimum absolute atomic E-state index is 0.0711. The first kappa shape index (κ1) is 16.7. The number of hydrogen-bond donors (Lipinski definition) is 1. The van der Waals surface area contributed by atoms with Crippen LogP contribution >= 0.6 is 0 Å². The molecule has 130 valence electrons. The van der Waals surface area contributed by atoms with Crippen LogP contribution in [-0.2, 0) is 9.53 Å². The van der Waals surface area contributed by atoms with E-state index in [1.807, 2.05) is 0 Å². The highest BCUT2D eigenvalue weighted by atomic mass is 16.6. The Balaban J connectivity index is 2.11. The summed E-state index contributed by atoms with van der Waals surface area (Å²) in [6.45, 7) is 2.34. The maximum Gasteiger partial charge on any atom is 0.270 e. The van der Waals surface area contributed by atoms with Gasteiger partial charge in [-0.25, -0.2) is 0 Å². The first-order valence-electron chi connectivity index (χ1n) is 7.81. The molecule has 1 aromatic carbocycles. The van der Waals surface area contributed by atoms with Crippen LogP contribution in [0.3, 0.4) is 0 Å². The van der Waals surface area contributed by atoms with Crippen molar-refractivity contribution in [2.75, 3.05) is 20.3 Å². The molecule has 0 radical (unpaired) electrons. The fraction of sp³-hybridized carbons (Fsp3) is 0.562. The monoisotopic (exact) mass is 336 g/mol. The molecule has 0 spiro atoms. The van der Waals surface area contributed by atoms with Crippen LogP contribution in [0.5, 0.6) is 5.75 Å². The van der Waals surface area contributed by atoms with Crippen LogP contribution in [0.4, 0.5) is 5.69 Å². The highest BCUT2D eigenvalue weighted by molar-refractivity contribution is 5.79. The number of aliphatic hydroxyl groups excluding tert-OH is 1. The van der Waals surface area contributed by atoms with Crippen molar-refractivity contribution < 1.29 is 24.3 Å². The van der Waals surface area contributed by atoms with Gasteiger partial charge in [0.25, 0.3) is 5.69 Å². The number of nitro benzene ring substituents is 1. The van der Waals surface area contributed by atoms with Crippen LogP contribution < -0.4 is 4.74 Å². The van der Waals surface area contributed by atoms with Gasteiger partial charge in [0.05, 0.1) is 17.6 Å². The summed E-state index contributed by atoms with van der Waals surface area (Å²) in [6, 6.07) is 3.55. The lowest BCUT2D eigenvalue weighted by atomic mass is 9.84. The number of carbonyl (C=O) groups is 1. The first-order valence-corrected chi connectivity index (χ1v) is 7.81. The van der Waals surface area contributed by atoms with Gasteiger partial charge in [-0.15, -0.1) is 0 Å². The molecule has 2 aliphatic heterocycles. The Kier molecular flexibility index (Phi) is 4.18. The fourth-order valence-corrected chi connectivity index (χ4v) is 3.49. The number of nitro groups is 1. The van der Waals surface area contributed by atoms with Crippen LogP contribution in [0.2, 0.25) is 0 Å². The third-order valence-electron chi connectivity index (χ3n) is 4.67. The molecular formula is C16H20N2O6. The zero-order chi connectivity index (χ0) is 17.5. The predicted octanol–water partition coefficient (Wildman–Crippen LogP) is 1.42. The fourth-order valence-electron chi connectivity index (χ4n) is 3.49. The SMILES string of the molecule is COCC1(C)Oc2ccc([N+](=O)[O-])cc2C(N2CCCC2=O)C1O. The van der Waals surface area contributed by atoms with Gasteiger partial charge in [0.2, 0.25) is 5.91 Å². The zero-order valence-electron chi connectivity index (χ0n) is 13.6. The molecule has 2 heterocycles. The molecule has 3 unspecified atom stereocenters. The van der Waals surface area contributed by atoms with E-state index in [0.717, 1.165) is 0 Å². The third-order valence-corrected chi connectivity index (χ3v) is 4.67. The molecular weight excluding hydrogens is 316 g/mol. The van der Waals surface area contributed by atoms with Gasteiger partial charge in [0.15, 0.2) is 5.60 Å². The molecule has 8 nitrogen and oxygen atoms in total. The lowest BCUT2D eigenvalue weighted by Crippen LogP contribution is -2.57. The van der Waals surface area contributed by atoms with Gasteiger partial charge in [-0.1, -0.05) is 0 Å². The van der Waals surface area contributed by atoms with E-state index in [-0.39, 0.29) is 18.2 Å². The van der Waals surface area contributed by atoms with Gasteiger partial charge in [-0.3, -0.25) is 14.9 Å². The second-order valence-corrected chi connectivity index (χ2v) is 6.41. The van der Waals surface area contributed by atoms with Crippen LogP contribution in [-0.4, -0.2) is 52.8 Å². The number of rotatable bonds is 4. The molecule has 1 aromatic rings. The lowest BCUT2D eigenvalue weighted by molar-refractivity contribution is -0.385. The molecule has 24 heavy (non-hydrogen) atoms. The number of hydrogen-bond acceptors (Lipinski definition) is 6. The number of fused-ring (bicyclic) bond motifs is 1. The highest BCUT2D eigenvalue weighted by Gasteiger charge is 2.50. The van der Waals surface area contributed by atoms with E-state index < -0.39 is 22.7 Å². The summed E-state index contributed by atoms with van der Waals surface area (Å²) in [6.07, 6.45) is 0.0535. The van der Waals surface area contributed by atoms with Crippen LogP contribution in [0.15, 0.2) is 18.2 Å². The van der Waals surface area contributed by atoms with Gasteiger partial charge >= 0.3 is 0 Å². The van der Waals surface area contributed by atoms with Crippen molar-refractivity contribution in [3.8, 4) is 5.75 Å². The van der Waals surface area contributed by atoms with Gasteiger partial charge in [-0.2, -0.15) is 0 Å². The summed E-state index contributed by atoms with van der Waals surface area (Å²) in [4.78, 5) is 24.4. The summed E-state index contributed by atoms with van der Waals surface area (Å²) in [5, 5.41) is 22.0. The molecule has 0 saturated carbocycles. The quantitative estimate of drug-likeness (QED) is 0.659. The van der Waals surface area contributed by atoms with Gasteiger partial charge in [-0.05, 0) is 19.4 Å². The topological polar surface area (TPSA) is 102 Å². The number of ether oxygens (including phenoxy) is 2. The molecule has 1 amide bonds. The molecule has 3 rings (SSSR count). The van der Waals surface area contributed by atoms with Crippen molar-refractivity contribution in [3.63, 3.8) is 0 Å². The number of benzene rings is 1. The number of amides is 1. The van der Waals surface area contributed by atoms with Crippen molar-refractivity contribution in [3.05, 3.63) is 33.9 Å². The van der Waals surface area contributed by atoms with Crippen LogP contribution in [0.25, 0.3) is 0 Å². The molecule has 3 atom stereocenters. The van der Waals surface area contributed by atoms with E-state index in [2.05, 4.69) is 0 Å². The van der Waals surface area contributed by atoms with E-state index in [1.54, 1.807) is 11.8 Å². The second-order valence-electron chi connectivity index (χ2n) is 6.41. The summed E-state index contributed by atoms with van der Waals surface area (Å²) in [5.41, 5.74) is -0.692. The summed E-state index contributed by atoms with van der Waals surface area (Å²) >= 11 is 0. The van der Waals surface area contributed by atoms with E-state index in [4.69, 9.17) is 9.47 Å². The first-order chi connectivity index (χ1) is 11.4.